The number of carbonyl (C=O) groups excluding carboxylic acids is 1. The van der Waals surface area contributed by atoms with Gasteiger partial charge in [0.25, 0.3) is 5.91 Å². The van der Waals surface area contributed by atoms with Gasteiger partial charge in [0.15, 0.2) is 5.69 Å². The number of aromatic nitrogens is 4. The Hall–Kier alpha value is -3.09. The molecule has 1 amide bonds. The Morgan fingerprint density at radius 2 is 2.13 bits per heavy atom. The number of anilines is 1. The molecular formula is C16H16N6O. The van der Waals surface area contributed by atoms with Crippen LogP contribution in [-0.2, 0) is 0 Å². The number of hydrogen-bond donors (Lipinski definition) is 2. The summed E-state index contributed by atoms with van der Waals surface area (Å²) in [5, 5.41) is 11.6. The fourth-order valence-electron chi connectivity index (χ4n) is 2.28. The molecule has 0 saturated heterocycles. The van der Waals surface area contributed by atoms with Crippen molar-refractivity contribution in [3.8, 4) is 11.3 Å². The first kappa shape index (κ1) is 14.8. The fourth-order valence-corrected chi connectivity index (χ4v) is 2.28. The summed E-state index contributed by atoms with van der Waals surface area (Å²) in [6.07, 6.45) is 5.69. The molecule has 3 N–H and O–H groups in total. The van der Waals surface area contributed by atoms with E-state index >= 15 is 0 Å². The summed E-state index contributed by atoms with van der Waals surface area (Å²) in [5.41, 5.74) is 8.64. The smallest absolute Gasteiger partial charge is 0.273 e. The van der Waals surface area contributed by atoms with Crippen LogP contribution < -0.4 is 11.1 Å². The molecule has 0 radical (unpaired) electrons. The average Bonchev–Trinajstić information content (AvgIpc) is 2.60. The molecule has 3 aromatic rings. The monoisotopic (exact) mass is 308 g/mol. The Morgan fingerprint density at radius 1 is 1.26 bits per heavy atom. The minimum Gasteiger partial charge on any atom is -0.396 e. The first-order chi connectivity index (χ1) is 11.2. The largest absolute Gasteiger partial charge is 0.396 e. The zero-order chi connectivity index (χ0) is 16.2. The normalized spacial score (nSPS) is 10.7. The summed E-state index contributed by atoms with van der Waals surface area (Å²) in [4.78, 5) is 20.4. The third-order valence-corrected chi connectivity index (χ3v) is 3.42. The van der Waals surface area contributed by atoms with Gasteiger partial charge < -0.3 is 11.1 Å². The zero-order valence-electron chi connectivity index (χ0n) is 12.7. The molecule has 0 spiro atoms. The van der Waals surface area contributed by atoms with E-state index in [0.29, 0.717) is 28.8 Å². The number of benzene rings is 1. The van der Waals surface area contributed by atoms with Crippen molar-refractivity contribution in [2.24, 2.45) is 0 Å². The molecule has 23 heavy (non-hydrogen) atoms. The summed E-state index contributed by atoms with van der Waals surface area (Å²) in [6.45, 7) is 2.54. The molecule has 0 atom stereocenters. The average molecular weight is 308 g/mol. The Kier molecular flexibility index (Phi) is 4.09. The number of carbonyl (C=O) groups is 1. The van der Waals surface area contributed by atoms with Crippen LogP contribution in [0.2, 0.25) is 0 Å². The summed E-state index contributed by atoms with van der Waals surface area (Å²) < 4.78 is 0. The molecule has 7 nitrogen and oxygen atoms in total. The van der Waals surface area contributed by atoms with Crippen molar-refractivity contribution in [2.75, 3.05) is 12.3 Å². The Balaban J connectivity index is 2.11. The highest BCUT2D eigenvalue weighted by Crippen LogP contribution is 2.29. The quantitative estimate of drug-likeness (QED) is 0.761. The highest BCUT2D eigenvalue weighted by molar-refractivity contribution is 6.07. The van der Waals surface area contributed by atoms with E-state index in [1.807, 2.05) is 25.1 Å². The molecule has 2 heterocycles. The molecule has 0 aliphatic rings. The van der Waals surface area contributed by atoms with Crippen molar-refractivity contribution in [1.29, 1.82) is 0 Å². The fraction of sp³-hybridized carbons (Fsp3) is 0.188. The topological polar surface area (TPSA) is 107 Å². The summed E-state index contributed by atoms with van der Waals surface area (Å²) >= 11 is 0. The molecule has 7 heteroatoms. The van der Waals surface area contributed by atoms with Gasteiger partial charge in [-0.15, -0.1) is 10.2 Å². The first-order valence-corrected chi connectivity index (χ1v) is 7.31. The van der Waals surface area contributed by atoms with Crippen molar-refractivity contribution in [3.05, 3.63) is 42.5 Å². The molecule has 2 aromatic heterocycles. The number of nitrogens with zero attached hydrogens (tertiary/aromatic N) is 4. The lowest BCUT2D eigenvalue weighted by atomic mass is 10.1. The van der Waals surface area contributed by atoms with Crippen molar-refractivity contribution < 1.29 is 4.79 Å². The maximum Gasteiger partial charge on any atom is 0.273 e. The SMILES string of the molecule is CCCNC(=O)c1nnc2c(-c3cnccn3)cccc2c1N. The van der Waals surface area contributed by atoms with Crippen LogP contribution in [0.3, 0.4) is 0 Å². The van der Waals surface area contributed by atoms with Gasteiger partial charge in [-0.2, -0.15) is 0 Å². The van der Waals surface area contributed by atoms with Gasteiger partial charge in [-0.1, -0.05) is 25.1 Å². The van der Waals surface area contributed by atoms with Gasteiger partial charge in [-0.05, 0) is 6.42 Å². The molecular weight excluding hydrogens is 292 g/mol. The van der Waals surface area contributed by atoms with Crippen LogP contribution >= 0.6 is 0 Å². The van der Waals surface area contributed by atoms with Crippen molar-refractivity contribution in [3.63, 3.8) is 0 Å². The van der Waals surface area contributed by atoms with Gasteiger partial charge in [-0.3, -0.25) is 14.8 Å². The van der Waals surface area contributed by atoms with Gasteiger partial charge in [0, 0.05) is 29.9 Å². The van der Waals surface area contributed by atoms with Crippen LogP contribution in [0.25, 0.3) is 22.2 Å². The van der Waals surface area contributed by atoms with Crippen molar-refractivity contribution in [2.45, 2.75) is 13.3 Å². The molecule has 0 aliphatic heterocycles. The third kappa shape index (κ3) is 2.80. The Bertz CT molecular complexity index is 850. The van der Waals surface area contributed by atoms with Crippen molar-refractivity contribution >= 4 is 22.5 Å². The lowest BCUT2D eigenvalue weighted by Gasteiger charge is -2.10. The molecule has 0 saturated carbocycles. The minimum absolute atomic E-state index is 0.141. The Labute approximate surface area is 133 Å². The maximum absolute atomic E-state index is 12.1. The minimum atomic E-state index is -0.316. The maximum atomic E-state index is 12.1. The standard InChI is InChI=1S/C16H16N6O/c1-2-6-20-16(23)15-13(17)11-5-3-4-10(14(11)21-22-15)12-9-18-7-8-19-12/h3-5,7-9H,2,6H2,1H3,(H2,17,21)(H,20,23). The van der Waals surface area contributed by atoms with Crippen LogP contribution in [-0.4, -0.2) is 32.6 Å². The van der Waals surface area contributed by atoms with Gasteiger partial charge >= 0.3 is 0 Å². The van der Waals surface area contributed by atoms with E-state index in [1.54, 1.807) is 18.6 Å². The number of amides is 1. The number of nitrogens with one attached hydrogen (secondary N) is 1. The second-order valence-corrected chi connectivity index (χ2v) is 5.01. The second kappa shape index (κ2) is 6.35. The molecule has 0 fully saturated rings. The zero-order valence-corrected chi connectivity index (χ0v) is 12.7. The van der Waals surface area contributed by atoms with E-state index in [2.05, 4.69) is 25.5 Å². The number of nitrogen functional groups attached to an aromatic ring is 1. The Morgan fingerprint density at radius 3 is 2.87 bits per heavy atom. The molecule has 0 unspecified atom stereocenters. The van der Waals surface area contributed by atoms with E-state index in [4.69, 9.17) is 5.73 Å². The van der Waals surface area contributed by atoms with Gasteiger partial charge in [-0.25, -0.2) is 0 Å². The van der Waals surface area contributed by atoms with Crippen molar-refractivity contribution in [1.82, 2.24) is 25.5 Å². The predicted molar refractivity (Wildman–Crippen MR) is 87.6 cm³/mol. The molecule has 116 valence electrons. The summed E-state index contributed by atoms with van der Waals surface area (Å²) in [6, 6.07) is 5.53. The number of rotatable bonds is 4. The molecule has 0 aliphatic carbocycles. The van der Waals surface area contributed by atoms with Crippen LogP contribution in [0.5, 0.6) is 0 Å². The number of hydrogen-bond acceptors (Lipinski definition) is 6. The summed E-state index contributed by atoms with van der Waals surface area (Å²) in [5.74, 6) is -0.316. The van der Waals surface area contributed by atoms with Crippen LogP contribution in [0.15, 0.2) is 36.8 Å². The van der Waals surface area contributed by atoms with E-state index in [-0.39, 0.29) is 11.6 Å². The number of nitrogens with two attached hydrogens (primary N) is 1. The molecule has 1 aromatic carbocycles. The van der Waals surface area contributed by atoms with Crippen LogP contribution in [0.4, 0.5) is 5.69 Å². The van der Waals surface area contributed by atoms with Gasteiger partial charge in [0.1, 0.15) is 5.52 Å². The lowest BCUT2D eigenvalue weighted by molar-refractivity contribution is 0.0949. The van der Waals surface area contributed by atoms with Crippen LogP contribution in [0, 0.1) is 0 Å². The highest BCUT2D eigenvalue weighted by atomic mass is 16.1. The molecule has 3 rings (SSSR count). The van der Waals surface area contributed by atoms with E-state index in [1.165, 1.54) is 0 Å². The highest BCUT2D eigenvalue weighted by Gasteiger charge is 2.17. The third-order valence-electron chi connectivity index (χ3n) is 3.42. The second-order valence-electron chi connectivity index (χ2n) is 5.01. The lowest BCUT2D eigenvalue weighted by Crippen LogP contribution is -2.26. The van der Waals surface area contributed by atoms with E-state index in [9.17, 15) is 4.79 Å². The van der Waals surface area contributed by atoms with E-state index in [0.717, 1.165) is 12.0 Å². The van der Waals surface area contributed by atoms with Gasteiger partial charge in [0.05, 0.1) is 17.6 Å². The van der Waals surface area contributed by atoms with Crippen LogP contribution in [0.1, 0.15) is 23.8 Å². The first-order valence-electron chi connectivity index (χ1n) is 7.31. The van der Waals surface area contributed by atoms with Gasteiger partial charge in [0.2, 0.25) is 0 Å². The summed E-state index contributed by atoms with van der Waals surface area (Å²) in [7, 11) is 0. The predicted octanol–water partition coefficient (Wildman–Crippen LogP) is 1.81. The number of fused-ring (bicyclic) bond motifs is 1. The van der Waals surface area contributed by atoms with E-state index < -0.39 is 0 Å². The molecule has 0 bridgehead atoms.